The molecule has 4 rings (SSSR count). The van der Waals surface area contributed by atoms with Gasteiger partial charge in [0.1, 0.15) is 5.01 Å². The lowest BCUT2D eigenvalue weighted by Gasteiger charge is -2.24. The highest BCUT2D eigenvalue weighted by molar-refractivity contribution is 7.98. The maximum atomic E-state index is 12.7. The number of nitrogens with one attached hydrogen (secondary N) is 1. The molecule has 0 aliphatic heterocycles. The van der Waals surface area contributed by atoms with E-state index in [1.807, 2.05) is 17.6 Å². The predicted octanol–water partition coefficient (Wildman–Crippen LogP) is 3.99. The fourth-order valence-electron chi connectivity index (χ4n) is 3.11. The summed E-state index contributed by atoms with van der Waals surface area (Å²) in [6.45, 7) is 2.14. The first-order valence-electron chi connectivity index (χ1n) is 7.78. The molecule has 3 aromatic rings. The summed E-state index contributed by atoms with van der Waals surface area (Å²) in [7, 11) is 0. The number of fused-ring (bicyclic) bond motifs is 1. The van der Waals surface area contributed by atoms with E-state index < -0.39 is 0 Å². The second kappa shape index (κ2) is 6.49. The first-order chi connectivity index (χ1) is 11.7. The average Bonchev–Trinajstić information content (AvgIpc) is 3.26. The maximum Gasteiger partial charge on any atom is 0.164 e. The van der Waals surface area contributed by atoms with Crippen molar-refractivity contribution in [3.8, 4) is 10.6 Å². The maximum absolute atomic E-state index is 12.7. The van der Waals surface area contributed by atoms with Gasteiger partial charge in [-0.2, -0.15) is 15.4 Å². The van der Waals surface area contributed by atoms with Crippen molar-refractivity contribution in [2.24, 2.45) is 5.92 Å². The van der Waals surface area contributed by atoms with Gasteiger partial charge in [-0.15, -0.1) is 23.1 Å². The molecule has 1 aliphatic carbocycles. The van der Waals surface area contributed by atoms with Gasteiger partial charge in [0.05, 0.1) is 11.9 Å². The molecule has 24 heavy (non-hydrogen) atoms. The van der Waals surface area contributed by atoms with Gasteiger partial charge < -0.3 is 0 Å². The normalized spacial score (nSPS) is 17.0. The first kappa shape index (κ1) is 15.5. The summed E-state index contributed by atoms with van der Waals surface area (Å²) in [4.78, 5) is 18.2. The molecule has 2 aromatic heterocycles. The van der Waals surface area contributed by atoms with Crippen molar-refractivity contribution >= 4 is 28.9 Å². The van der Waals surface area contributed by atoms with Crippen LogP contribution in [0, 0.1) is 5.92 Å². The standard InChI is InChI=1S/C17H16N4OS2/c1-10-6-13-12(17-18-4-5-23-17)2-3-15(16(13)14(22)7-10)24-9-11-8-19-21-20-11/h2-5,8,10H,6-7,9H2,1H3,(H,19,20,21). The molecule has 122 valence electrons. The number of carbonyl (C=O) groups excluding carboxylic acids is 1. The van der Waals surface area contributed by atoms with E-state index in [2.05, 4.69) is 33.4 Å². The van der Waals surface area contributed by atoms with Gasteiger partial charge in [-0.25, -0.2) is 4.98 Å². The van der Waals surface area contributed by atoms with E-state index in [4.69, 9.17) is 0 Å². The van der Waals surface area contributed by atoms with Crippen LogP contribution in [0.3, 0.4) is 0 Å². The molecule has 5 nitrogen and oxygen atoms in total. The van der Waals surface area contributed by atoms with Crippen molar-refractivity contribution in [1.82, 2.24) is 20.4 Å². The lowest BCUT2D eigenvalue weighted by Crippen LogP contribution is -2.19. The number of aromatic amines is 1. The van der Waals surface area contributed by atoms with Gasteiger partial charge in [-0.3, -0.25) is 4.79 Å². The van der Waals surface area contributed by atoms with Crippen molar-refractivity contribution in [3.05, 3.63) is 46.7 Å². The third-order valence-corrected chi connectivity index (χ3v) is 6.04. The van der Waals surface area contributed by atoms with Crippen LogP contribution in [0.25, 0.3) is 10.6 Å². The smallest absolute Gasteiger partial charge is 0.164 e. The van der Waals surface area contributed by atoms with E-state index in [1.54, 1.807) is 29.3 Å². The number of Topliss-reactive ketones (excluding diaryl/α,β-unsaturated/α-hetero) is 1. The van der Waals surface area contributed by atoms with Crippen LogP contribution in [0.5, 0.6) is 0 Å². The lowest BCUT2D eigenvalue weighted by molar-refractivity contribution is 0.0950. The summed E-state index contributed by atoms with van der Waals surface area (Å²) < 4.78 is 0. The molecule has 1 unspecified atom stereocenters. The van der Waals surface area contributed by atoms with E-state index in [-0.39, 0.29) is 5.78 Å². The van der Waals surface area contributed by atoms with Gasteiger partial charge in [0.25, 0.3) is 0 Å². The molecule has 1 aromatic carbocycles. The Hall–Kier alpha value is -1.99. The molecule has 0 saturated carbocycles. The fourth-order valence-corrected chi connectivity index (χ4v) is 4.79. The quantitative estimate of drug-likeness (QED) is 0.716. The Labute approximate surface area is 147 Å². The minimum Gasteiger partial charge on any atom is -0.294 e. The summed E-state index contributed by atoms with van der Waals surface area (Å²) in [5, 5.41) is 13.5. The number of hydrogen-bond donors (Lipinski definition) is 1. The van der Waals surface area contributed by atoms with Gasteiger partial charge in [0.15, 0.2) is 5.78 Å². The number of thiazole rings is 1. The highest BCUT2D eigenvalue weighted by Crippen LogP contribution is 2.40. The minimum absolute atomic E-state index is 0.241. The molecule has 1 atom stereocenters. The van der Waals surface area contributed by atoms with Crippen molar-refractivity contribution in [2.45, 2.75) is 30.4 Å². The Morgan fingerprint density at radius 2 is 2.29 bits per heavy atom. The van der Waals surface area contributed by atoms with Crippen LogP contribution in [-0.2, 0) is 12.2 Å². The van der Waals surface area contributed by atoms with Crippen LogP contribution in [0.15, 0.2) is 34.8 Å². The van der Waals surface area contributed by atoms with E-state index in [0.717, 1.165) is 38.7 Å². The van der Waals surface area contributed by atoms with E-state index in [0.29, 0.717) is 18.1 Å². The summed E-state index contributed by atoms with van der Waals surface area (Å²) in [6, 6.07) is 4.16. The number of aromatic nitrogens is 4. The largest absolute Gasteiger partial charge is 0.294 e. The third kappa shape index (κ3) is 2.89. The van der Waals surface area contributed by atoms with Gasteiger partial charge in [-0.1, -0.05) is 13.0 Å². The first-order valence-corrected chi connectivity index (χ1v) is 9.65. The average molecular weight is 356 g/mol. The SMILES string of the molecule is CC1CC(=O)c2c(SCc3cn[nH]n3)ccc(-c3nccs3)c2C1. The second-order valence-electron chi connectivity index (χ2n) is 5.99. The number of benzene rings is 1. The molecule has 2 heterocycles. The van der Waals surface area contributed by atoms with Crippen LogP contribution >= 0.6 is 23.1 Å². The number of rotatable bonds is 4. The van der Waals surface area contributed by atoms with Gasteiger partial charge in [0, 0.05) is 39.8 Å². The van der Waals surface area contributed by atoms with Crippen LogP contribution in [0.4, 0.5) is 0 Å². The zero-order valence-electron chi connectivity index (χ0n) is 13.2. The Morgan fingerprint density at radius 1 is 1.38 bits per heavy atom. The molecule has 0 saturated heterocycles. The Bertz CT molecular complexity index is 859. The molecule has 7 heteroatoms. The lowest BCUT2D eigenvalue weighted by atomic mass is 9.82. The van der Waals surface area contributed by atoms with Crippen LogP contribution in [0.1, 0.15) is 35.0 Å². The number of carbonyl (C=O) groups is 1. The number of nitrogens with zero attached hydrogens (tertiary/aromatic N) is 3. The number of ketones is 1. The summed E-state index contributed by atoms with van der Waals surface area (Å²) in [5.41, 5.74) is 4.02. The zero-order chi connectivity index (χ0) is 16.5. The Morgan fingerprint density at radius 3 is 3.04 bits per heavy atom. The molecular formula is C17H16N4OS2. The molecule has 0 amide bonds. The molecule has 1 N–H and O–H groups in total. The highest BCUT2D eigenvalue weighted by Gasteiger charge is 2.28. The molecule has 0 bridgehead atoms. The van der Waals surface area contributed by atoms with E-state index in [1.165, 1.54) is 0 Å². The third-order valence-electron chi connectivity index (χ3n) is 4.14. The van der Waals surface area contributed by atoms with Crippen LogP contribution in [-0.4, -0.2) is 26.2 Å². The summed E-state index contributed by atoms with van der Waals surface area (Å²) in [5.74, 6) is 1.31. The molecule has 0 fully saturated rings. The van der Waals surface area contributed by atoms with Crippen LogP contribution < -0.4 is 0 Å². The molecular weight excluding hydrogens is 340 g/mol. The molecule has 0 radical (unpaired) electrons. The second-order valence-corrected chi connectivity index (χ2v) is 7.90. The highest BCUT2D eigenvalue weighted by atomic mass is 32.2. The molecule has 1 aliphatic rings. The van der Waals surface area contributed by atoms with Crippen LogP contribution in [0.2, 0.25) is 0 Å². The van der Waals surface area contributed by atoms with Crippen molar-refractivity contribution in [3.63, 3.8) is 0 Å². The number of hydrogen-bond acceptors (Lipinski definition) is 6. The number of thioether (sulfide) groups is 1. The minimum atomic E-state index is 0.241. The van der Waals surface area contributed by atoms with Crippen molar-refractivity contribution in [2.75, 3.05) is 0 Å². The Kier molecular flexibility index (Phi) is 4.20. The number of H-pyrrole nitrogens is 1. The summed E-state index contributed by atoms with van der Waals surface area (Å²) >= 11 is 3.26. The summed E-state index contributed by atoms with van der Waals surface area (Å²) in [6.07, 6.45) is 5.07. The predicted molar refractivity (Wildman–Crippen MR) is 95.3 cm³/mol. The fraction of sp³-hybridized carbons (Fsp3) is 0.294. The molecule has 0 spiro atoms. The zero-order valence-corrected chi connectivity index (χ0v) is 14.8. The van der Waals surface area contributed by atoms with Crippen molar-refractivity contribution in [1.29, 1.82) is 0 Å². The van der Waals surface area contributed by atoms with Crippen molar-refractivity contribution < 1.29 is 4.79 Å². The van der Waals surface area contributed by atoms with E-state index in [9.17, 15) is 4.79 Å². The monoisotopic (exact) mass is 356 g/mol. The van der Waals surface area contributed by atoms with Gasteiger partial charge in [0.2, 0.25) is 0 Å². The van der Waals surface area contributed by atoms with E-state index >= 15 is 0 Å². The van der Waals surface area contributed by atoms with Gasteiger partial charge >= 0.3 is 0 Å². The topological polar surface area (TPSA) is 71.5 Å². The van der Waals surface area contributed by atoms with Gasteiger partial charge in [-0.05, 0) is 24.0 Å². The Balaban J connectivity index is 1.75.